The maximum absolute atomic E-state index is 6.32. The van der Waals surface area contributed by atoms with Crippen molar-refractivity contribution in [2.75, 3.05) is 11.5 Å². The zero-order valence-electron chi connectivity index (χ0n) is 18.5. The van der Waals surface area contributed by atoms with E-state index in [1.165, 1.54) is 0 Å². The van der Waals surface area contributed by atoms with Gasteiger partial charge < -0.3 is 20.9 Å². The van der Waals surface area contributed by atoms with Crippen LogP contribution >= 0.6 is 0 Å². The summed E-state index contributed by atoms with van der Waals surface area (Å²) in [6, 6.07) is 39.0. The van der Waals surface area contributed by atoms with E-state index >= 15 is 0 Å². The van der Waals surface area contributed by atoms with Gasteiger partial charge in [0.15, 0.2) is 11.5 Å². The van der Waals surface area contributed by atoms with E-state index in [4.69, 9.17) is 20.9 Å². The fourth-order valence-corrected chi connectivity index (χ4v) is 3.86. The second kappa shape index (κ2) is 9.43. The molecule has 0 spiro atoms. The molecule has 0 amide bonds. The molecule has 5 rings (SSSR count). The molecule has 0 saturated heterocycles. The van der Waals surface area contributed by atoms with Crippen LogP contribution in [-0.4, -0.2) is 0 Å². The summed E-state index contributed by atoms with van der Waals surface area (Å²) in [6.07, 6.45) is 0. The van der Waals surface area contributed by atoms with Crippen LogP contribution in [0, 0.1) is 0 Å². The van der Waals surface area contributed by atoms with Gasteiger partial charge in [0.1, 0.15) is 11.5 Å². The van der Waals surface area contributed by atoms with Crippen molar-refractivity contribution in [2.24, 2.45) is 0 Å². The van der Waals surface area contributed by atoms with Gasteiger partial charge in [-0.15, -0.1) is 0 Å². The minimum absolute atomic E-state index is 0.573. The number of nitrogens with two attached hydrogens (primary N) is 2. The molecule has 0 aromatic heterocycles. The SMILES string of the molecule is Nc1cccc(-c2cccc(-c3cccc(N)c3Oc3ccccc3)c2)c1Oc1ccccc1. The van der Waals surface area contributed by atoms with Gasteiger partial charge in [-0.25, -0.2) is 0 Å². The first kappa shape index (κ1) is 21.2. The molecule has 166 valence electrons. The van der Waals surface area contributed by atoms with E-state index in [-0.39, 0.29) is 0 Å². The van der Waals surface area contributed by atoms with E-state index in [2.05, 4.69) is 6.07 Å². The lowest BCUT2D eigenvalue weighted by Gasteiger charge is -2.16. The van der Waals surface area contributed by atoms with Crippen LogP contribution in [0.3, 0.4) is 0 Å². The first-order valence-corrected chi connectivity index (χ1v) is 11.0. The van der Waals surface area contributed by atoms with E-state index in [0.29, 0.717) is 22.9 Å². The zero-order chi connectivity index (χ0) is 23.3. The Hall–Kier alpha value is -4.70. The Morgan fingerprint density at radius 2 is 0.824 bits per heavy atom. The van der Waals surface area contributed by atoms with E-state index in [9.17, 15) is 0 Å². The molecule has 0 aliphatic carbocycles. The number of hydrogen-bond donors (Lipinski definition) is 2. The standard InChI is InChI=1S/C30H24N2O2/c31-27-18-8-16-25(29(27)33-23-12-3-1-4-13-23)21-10-7-11-22(20-21)26-17-9-19-28(32)30(26)34-24-14-5-2-6-15-24/h1-20H,31-32H2. The number of rotatable bonds is 6. The Balaban J connectivity index is 1.57. The van der Waals surface area contributed by atoms with Gasteiger partial charge in [-0.1, -0.05) is 78.9 Å². The number of nitrogen functional groups attached to an aromatic ring is 2. The summed E-state index contributed by atoms with van der Waals surface area (Å²) in [5.74, 6) is 2.71. The number of ether oxygens (including phenoxy) is 2. The van der Waals surface area contributed by atoms with Crippen molar-refractivity contribution in [3.8, 4) is 45.3 Å². The maximum Gasteiger partial charge on any atom is 0.158 e. The van der Waals surface area contributed by atoms with Crippen LogP contribution in [0.2, 0.25) is 0 Å². The van der Waals surface area contributed by atoms with Crippen LogP contribution in [0.15, 0.2) is 121 Å². The topological polar surface area (TPSA) is 70.5 Å². The molecule has 0 aliphatic rings. The zero-order valence-corrected chi connectivity index (χ0v) is 18.5. The molecule has 0 fully saturated rings. The van der Waals surface area contributed by atoms with E-state index in [1.807, 2.05) is 115 Å². The third kappa shape index (κ3) is 4.43. The molecule has 4 nitrogen and oxygen atoms in total. The molecule has 0 radical (unpaired) electrons. The fourth-order valence-electron chi connectivity index (χ4n) is 3.86. The Morgan fingerprint density at radius 3 is 1.26 bits per heavy atom. The van der Waals surface area contributed by atoms with Crippen molar-refractivity contribution in [3.05, 3.63) is 121 Å². The molecule has 0 saturated carbocycles. The average molecular weight is 445 g/mol. The average Bonchev–Trinajstić information content (AvgIpc) is 2.88. The Bertz CT molecular complexity index is 1310. The predicted molar refractivity (Wildman–Crippen MR) is 139 cm³/mol. The van der Waals surface area contributed by atoms with E-state index < -0.39 is 0 Å². The lowest BCUT2D eigenvalue weighted by Crippen LogP contribution is -1.96. The fraction of sp³-hybridized carbons (Fsp3) is 0. The number of hydrogen-bond acceptors (Lipinski definition) is 4. The van der Waals surface area contributed by atoms with Crippen molar-refractivity contribution in [2.45, 2.75) is 0 Å². The van der Waals surface area contributed by atoms with Crippen LogP contribution in [0.4, 0.5) is 11.4 Å². The number of benzene rings is 5. The van der Waals surface area contributed by atoms with Gasteiger partial charge in [0.25, 0.3) is 0 Å². The Morgan fingerprint density at radius 1 is 0.412 bits per heavy atom. The summed E-state index contributed by atoms with van der Waals surface area (Å²) >= 11 is 0. The van der Waals surface area contributed by atoms with Gasteiger partial charge in [0.05, 0.1) is 11.4 Å². The van der Waals surface area contributed by atoms with Crippen molar-refractivity contribution >= 4 is 11.4 Å². The Kier molecular flexibility index (Phi) is 5.87. The maximum atomic E-state index is 6.32. The van der Waals surface area contributed by atoms with Crippen LogP contribution in [-0.2, 0) is 0 Å². The largest absolute Gasteiger partial charge is 0.455 e. The first-order chi connectivity index (χ1) is 16.7. The molecule has 4 N–H and O–H groups in total. The normalized spacial score (nSPS) is 10.6. The van der Waals surface area contributed by atoms with Gasteiger partial charge in [-0.3, -0.25) is 0 Å². The molecular formula is C30H24N2O2. The quantitative estimate of drug-likeness (QED) is 0.262. The highest BCUT2D eigenvalue weighted by Crippen LogP contribution is 2.42. The second-order valence-electron chi connectivity index (χ2n) is 7.86. The highest BCUT2D eigenvalue weighted by atomic mass is 16.5. The summed E-state index contributed by atoms with van der Waals surface area (Å²) in [5.41, 5.74) is 17.6. The van der Waals surface area contributed by atoms with Crippen molar-refractivity contribution in [1.82, 2.24) is 0 Å². The van der Waals surface area contributed by atoms with Crippen molar-refractivity contribution < 1.29 is 9.47 Å². The van der Waals surface area contributed by atoms with Crippen LogP contribution in [0.1, 0.15) is 0 Å². The molecule has 5 aromatic rings. The molecule has 0 unspecified atom stereocenters. The summed E-state index contributed by atoms with van der Waals surface area (Å²) < 4.78 is 12.4. The molecule has 0 aliphatic heterocycles. The molecule has 0 atom stereocenters. The van der Waals surface area contributed by atoms with Crippen molar-refractivity contribution in [1.29, 1.82) is 0 Å². The Labute approximate surface area is 199 Å². The van der Waals surface area contributed by atoms with E-state index in [0.717, 1.165) is 33.8 Å². The molecule has 34 heavy (non-hydrogen) atoms. The highest BCUT2D eigenvalue weighted by molar-refractivity contribution is 5.84. The number of anilines is 2. The summed E-state index contributed by atoms with van der Waals surface area (Å²) in [5, 5.41) is 0. The van der Waals surface area contributed by atoms with E-state index in [1.54, 1.807) is 0 Å². The van der Waals surface area contributed by atoms with Gasteiger partial charge >= 0.3 is 0 Å². The molecule has 4 heteroatoms. The minimum atomic E-state index is 0.573. The van der Waals surface area contributed by atoms with Gasteiger partial charge in [0.2, 0.25) is 0 Å². The second-order valence-corrected chi connectivity index (χ2v) is 7.86. The smallest absolute Gasteiger partial charge is 0.158 e. The molecular weight excluding hydrogens is 420 g/mol. The molecule has 5 aromatic carbocycles. The first-order valence-electron chi connectivity index (χ1n) is 11.0. The monoisotopic (exact) mass is 444 g/mol. The summed E-state index contributed by atoms with van der Waals surface area (Å²) in [4.78, 5) is 0. The van der Waals surface area contributed by atoms with Gasteiger partial charge in [-0.05, 0) is 53.6 Å². The highest BCUT2D eigenvalue weighted by Gasteiger charge is 2.15. The molecule has 0 bridgehead atoms. The lowest BCUT2D eigenvalue weighted by atomic mass is 9.97. The predicted octanol–water partition coefficient (Wildman–Crippen LogP) is 7.77. The van der Waals surface area contributed by atoms with Crippen LogP contribution in [0.5, 0.6) is 23.0 Å². The van der Waals surface area contributed by atoms with Gasteiger partial charge in [0, 0.05) is 11.1 Å². The van der Waals surface area contributed by atoms with Crippen LogP contribution in [0.25, 0.3) is 22.3 Å². The van der Waals surface area contributed by atoms with Crippen molar-refractivity contribution in [3.63, 3.8) is 0 Å². The third-order valence-electron chi connectivity index (χ3n) is 5.50. The summed E-state index contributed by atoms with van der Waals surface area (Å²) in [6.45, 7) is 0. The minimum Gasteiger partial charge on any atom is -0.455 e. The number of para-hydroxylation sites is 4. The lowest BCUT2D eigenvalue weighted by molar-refractivity contribution is 0.487. The summed E-state index contributed by atoms with van der Waals surface area (Å²) in [7, 11) is 0. The van der Waals surface area contributed by atoms with Gasteiger partial charge in [-0.2, -0.15) is 0 Å². The van der Waals surface area contributed by atoms with Crippen LogP contribution < -0.4 is 20.9 Å². The third-order valence-corrected chi connectivity index (χ3v) is 5.50. The molecule has 0 heterocycles.